The number of ether oxygens (including phenoxy) is 1. The van der Waals surface area contributed by atoms with E-state index < -0.39 is 0 Å². The number of aryl methyl sites for hydroxylation is 1. The van der Waals surface area contributed by atoms with Crippen LogP contribution in [0.15, 0.2) is 36.7 Å². The third-order valence-electron chi connectivity index (χ3n) is 3.45. The summed E-state index contributed by atoms with van der Waals surface area (Å²) in [5.41, 5.74) is 9.21. The highest BCUT2D eigenvalue weighted by atomic mass is 16.5. The molecule has 0 radical (unpaired) electrons. The van der Waals surface area contributed by atoms with E-state index in [1.807, 2.05) is 31.2 Å². The van der Waals surface area contributed by atoms with Crippen molar-refractivity contribution in [3.63, 3.8) is 0 Å². The molecule has 0 aliphatic heterocycles. The van der Waals surface area contributed by atoms with Gasteiger partial charge in [-0.25, -0.2) is 0 Å². The standard InChI is InChI=1S/C17H23N3O/c1-3-15(18)12-16-17(5-4-13(2)20-16)21-11-8-14-6-9-19-10-7-14/h4-7,9-10,15H,3,8,11-12,18H2,1-2H3. The number of rotatable bonds is 7. The van der Waals surface area contributed by atoms with Crippen molar-refractivity contribution in [2.24, 2.45) is 5.73 Å². The Balaban J connectivity index is 1.98. The molecule has 1 atom stereocenters. The molecule has 1 unspecified atom stereocenters. The summed E-state index contributed by atoms with van der Waals surface area (Å²) in [5.74, 6) is 0.846. The lowest BCUT2D eigenvalue weighted by atomic mass is 10.1. The van der Waals surface area contributed by atoms with E-state index in [1.54, 1.807) is 12.4 Å². The van der Waals surface area contributed by atoms with Gasteiger partial charge in [-0.2, -0.15) is 0 Å². The summed E-state index contributed by atoms with van der Waals surface area (Å²) < 4.78 is 5.90. The number of pyridine rings is 2. The van der Waals surface area contributed by atoms with Gasteiger partial charge in [-0.3, -0.25) is 9.97 Å². The van der Waals surface area contributed by atoms with Crippen molar-refractivity contribution < 1.29 is 4.74 Å². The first-order valence-electron chi connectivity index (χ1n) is 7.43. The monoisotopic (exact) mass is 285 g/mol. The molecule has 2 rings (SSSR count). The summed E-state index contributed by atoms with van der Waals surface area (Å²) in [6.07, 6.45) is 6.15. The first kappa shape index (κ1) is 15.4. The largest absolute Gasteiger partial charge is 0.491 e. The summed E-state index contributed by atoms with van der Waals surface area (Å²) in [6.45, 7) is 4.70. The molecule has 21 heavy (non-hydrogen) atoms. The first-order valence-corrected chi connectivity index (χ1v) is 7.43. The topological polar surface area (TPSA) is 61.0 Å². The second-order valence-corrected chi connectivity index (χ2v) is 5.22. The van der Waals surface area contributed by atoms with Gasteiger partial charge >= 0.3 is 0 Å². The molecule has 2 aromatic rings. The fraction of sp³-hybridized carbons (Fsp3) is 0.412. The molecule has 0 saturated heterocycles. The Hall–Kier alpha value is -1.94. The maximum absolute atomic E-state index is 6.04. The van der Waals surface area contributed by atoms with Crippen molar-refractivity contribution in [3.05, 3.63) is 53.6 Å². The maximum atomic E-state index is 6.04. The van der Waals surface area contributed by atoms with E-state index in [1.165, 1.54) is 5.56 Å². The van der Waals surface area contributed by atoms with Crippen LogP contribution in [0.5, 0.6) is 5.75 Å². The van der Waals surface area contributed by atoms with Crippen molar-refractivity contribution in [2.45, 2.75) is 39.2 Å². The zero-order valence-corrected chi connectivity index (χ0v) is 12.7. The quantitative estimate of drug-likeness (QED) is 0.849. The molecule has 0 saturated carbocycles. The number of aromatic nitrogens is 2. The van der Waals surface area contributed by atoms with Gasteiger partial charge in [0.1, 0.15) is 5.75 Å². The second-order valence-electron chi connectivity index (χ2n) is 5.22. The average Bonchev–Trinajstić information content (AvgIpc) is 2.50. The van der Waals surface area contributed by atoms with Crippen LogP contribution in [0.1, 0.15) is 30.3 Å². The Morgan fingerprint density at radius 2 is 1.95 bits per heavy atom. The molecule has 0 aromatic carbocycles. The SMILES string of the molecule is CCC(N)Cc1nc(C)ccc1OCCc1ccncc1. The number of nitrogens with zero attached hydrogens (tertiary/aromatic N) is 2. The van der Waals surface area contributed by atoms with Gasteiger partial charge in [0.2, 0.25) is 0 Å². The summed E-state index contributed by atoms with van der Waals surface area (Å²) in [5, 5.41) is 0. The van der Waals surface area contributed by atoms with Crippen LogP contribution in [-0.4, -0.2) is 22.6 Å². The third-order valence-corrected chi connectivity index (χ3v) is 3.45. The minimum Gasteiger partial charge on any atom is -0.491 e. The molecule has 2 aromatic heterocycles. The van der Waals surface area contributed by atoms with E-state index in [9.17, 15) is 0 Å². The molecular weight excluding hydrogens is 262 g/mol. The van der Waals surface area contributed by atoms with E-state index in [4.69, 9.17) is 10.5 Å². The number of nitrogens with two attached hydrogens (primary N) is 1. The Morgan fingerprint density at radius 3 is 2.67 bits per heavy atom. The van der Waals surface area contributed by atoms with Crippen LogP contribution < -0.4 is 10.5 Å². The van der Waals surface area contributed by atoms with Crippen LogP contribution in [0.25, 0.3) is 0 Å². The Bertz CT molecular complexity index is 557. The van der Waals surface area contributed by atoms with Crippen molar-refractivity contribution in [2.75, 3.05) is 6.61 Å². The van der Waals surface area contributed by atoms with Gasteiger partial charge in [0.25, 0.3) is 0 Å². The molecule has 4 nitrogen and oxygen atoms in total. The fourth-order valence-electron chi connectivity index (χ4n) is 2.10. The molecule has 0 aliphatic carbocycles. The normalized spacial score (nSPS) is 12.1. The molecule has 0 bridgehead atoms. The van der Waals surface area contributed by atoms with E-state index >= 15 is 0 Å². The number of hydrogen-bond acceptors (Lipinski definition) is 4. The molecule has 0 amide bonds. The highest BCUT2D eigenvalue weighted by molar-refractivity contribution is 5.30. The molecule has 4 heteroatoms. The zero-order chi connectivity index (χ0) is 15.1. The predicted molar refractivity (Wildman–Crippen MR) is 84.4 cm³/mol. The summed E-state index contributed by atoms with van der Waals surface area (Å²) in [6, 6.07) is 8.10. The average molecular weight is 285 g/mol. The minimum absolute atomic E-state index is 0.127. The molecule has 0 spiro atoms. The van der Waals surface area contributed by atoms with Crippen LogP contribution in [0.2, 0.25) is 0 Å². The predicted octanol–water partition coefficient (Wildman–Crippen LogP) is 2.69. The van der Waals surface area contributed by atoms with Crippen LogP contribution in [0.3, 0.4) is 0 Å². The lowest BCUT2D eigenvalue weighted by Crippen LogP contribution is -2.22. The second kappa shape index (κ2) is 7.74. The van der Waals surface area contributed by atoms with E-state index in [2.05, 4.69) is 16.9 Å². The summed E-state index contributed by atoms with van der Waals surface area (Å²) in [7, 11) is 0. The number of hydrogen-bond donors (Lipinski definition) is 1. The third kappa shape index (κ3) is 4.83. The van der Waals surface area contributed by atoms with Crippen molar-refractivity contribution in [1.29, 1.82) is 0 Å². The lowest BCUT2D eigenvalue weighted by molar-refractivity contribution is 0.315. The Labute approximate surface area is 126 Å². The summed E-state index contributed by atoms with van der Waals surface area (Å²) >= 11 is 0. The van der Waals surface area contributed by atoms with E-state index in [-0.39, 0.29) is 6.04 Å². The highest BCUT2D eigenvalue weighted by Crippen LogP contribution is 2.19. The molecule has 0 aliphatic rings. The molecular formula is C17H23N3O. The minimum atomic E-state index is 0.127. The van der Waals surface area contributed by atoms with Crippen molar-refractivity contribution in [1.82, 2.24) is 9.97 Å². The van der Waals surface area contributed by atoms with Gasteiger partial charge in [0.15, 0.2) is 0 Å². The van der Waals surface area contributed by atoms with Crippen molar-refractivity contribution in [3.8, 4) is 5.75 Å². The van der Waals surface area contributed by atoms with Crippen molar-refractivity contribution >= 4 is 0 Å². The molecule has 112 valence electrons. The highest BCUT2D eigenvalue weighted by Gasteiger charge is 2.10. The van der Waals surface area contributed by atoms with Crippen LogP contribution in [0.4, 0.5) is 0 Å². The van der Waals surface area contributed by atoms with Gasteiger partial charge in [-0.1, -0.05) is 6.92 Å². The van der Waals surface area contributed by atoms with Crippen LogP contribution in [0, 0.1) is 6.92 Å². The molecule has 0 fully saturated rings. The van der Waals surface area contributed by atoms with E-state index in [0.29, 0.717) is 6.61 Å². The van der Waals surface area contributed by atoms with Gasteiger partial charge in [0.05, 0.1) is 12.3 Å². The van der Waals surface area contributed by atoms with Gasteiger partial charge in [-0.05, 0) is 43.2 Å². The smallest absolute Gasteiger partial charge is 0.140 e. The zero-order valence-electron chi connectivity index (χ0n) is 12.7. The van der Waals surface area contributed by atoms with Gasteiger partial charge < -0.3 is 10.5 Å². The van der Waals surface area contributed by atoms with Gasteiger partial charge in [-0.15, -0.1) is 0 Å². The maximum Gasteiger partial charge on any atom is 0.140 e. The van der Waals surface area contributed by atoms with Crippen LogP contribution in [-0.2, 0) is 12.8 Å². The fourth-order valence-corrected chi connectivity index (χ4v) is 2.10. The Morgan fingerprint density at radius 1 is 1.19 bits per heavy atom. The van der Waals surface area contributed by atoms with Crippen LogP contribution >= 0.6 is 0 Å². The Kier molecular flexibility index (Phi) is 5.69. The van der Waals surface area contributed by atoms with E-state index in [0.717, 1.165) is 36.4 Å². The summed E-state index contributed by atoms with van der Waals surface area (Å²) in [4.78, 5) is 8.58. The molecule has 2 heterocycles. The first-order chi connectivity index (χ1) is 10.2. The molecule has 2 N–H and O–H groups in total. The van der Waals surface area contributed by atoms with Gasteiger partial charge in [0, 0.05) is 37.0 Å². The lowest BCUT2D eigenvalue weighted by Gasteiger charge is -2.14.